The summed E-state index contributed by atoms with van der Waals surface area (Å²) in [7, 11) is -1.72. The van der Waals surface area contributed by atoms with Gasteiger partial charge in [0.1, 0.15) is 0 Å². The van der Waals surface area contributed by atoms with E-state index in [0.29, 0.717) is 23.0 Å². The lowest BCUT2D eigenvalue weighted by Gasteiger charge is -2.38. The zero-order valence-electron chi connectivity index (χ0n) is 25.3. The van der Waals surface area contributed by atoms with E-state index in [1.807, 2.05) is 30.3 Å². The first-order valence-electron chi connectivity index (χ1n) is 14.9. The third kappa shape index (κ3) is 4.91. The van der Waals surface area contributed by atoms with Crippen molar-refractivity contribution in [3.05, 3.63) is 108 Å². The number of hydrogen-bond donors (Lipinski definition) is 1. The summed E-state index contributed by atoms with van der Waals surface area (Å²) in [5, 5.41) is 15.4. The number of rotatable bonds is 7. The fraction of sp³-hybridized carbons (Fsp3) is 0.243. The van der Waals surface area contributed by atoms with Crippen LogP contribution in [0, 0.1) is 12.3 Å². The first-order valence-corrected chi connectivity index (χ1v) is 16.3. The van der Waals surface area contributed by atoms with Gasteiger partial charge in [0.2, 0.25) is 13.6 Å². The van der Waals surface area contributed by atoms with Crippen molar-refractivity contribution in [2.45, 2.75) is 40.4 Å². The van der Waals surface area contributed by atoms with Crippen molar-refractivity contribution in [2.24, 2.45) is 5.41 Å². The molecule has 7 rings (SSSR count). The van der Waals surface area contributed by atoms with Gasteiger partial charge in [-0.2, -0.15) is 0 Å². The van der Waals surface area contributed by atoms with Crippen LogP contribution in [0.5, 0.6) is 23.0 Å². The zero-order chi connectivity index (χ0) is 30.4. The Bertz CT molecular complexity index is 1790. The Morgan fingerprint density at radius 1 is 0.773 bits per heavy atom. The molecule has 0 saturated heterocycles. The Labute approximate surface area is 259 Å². The highest BCUT2D eigenvalue weighted by atomic mass is 28.3. The summed E-state index contributed by atoms with van der Waals surface area (Å²) < 4.78 is 31.0. The second kappa shape index (κ2) is 11.3. The largest absolute Gasteiger partial charge is 0.454 e. The van der Waals surface area contributed by atoms with Crippen LogP contribution in [-0.2, 0) is 11.0 Å². The van der Waals surface area contributed by atoms with Gasteiger partial charge in [-0.05, 0) is 74.1 Å². The fourth-order valence-electron chi connectivity index (χ4n) is 6.30. The normalized spacial score (nSPS) is 14.4. The average Bonchev–Trinajstić information content (AvgIpc) is 3.71. The standard InChI is InChI=1S/C37H35O6Si/c1-23-27-16-18-30-35(42-22-40-30)33(27)32(24-15-17-29-31(19-24)41-21-39-29)34(28(23)20-38)36(37(2,3)4)43-44(25-11-7-5-8-12-25)26-13-9-6-10-14-26/h5-19,36,38H,20-22H2,1-4H3. The van der Waals surface area contributed by atoms with E-state index >= 15 is 0 Å². The molecule has 1 radical (unpaired) electrons. The lowest BCUT2D eigenvalue weighted by atomic mass is 9.76. The number of ether oxygens (including phenoxy) is 4. The molecule has 1 atom stereocenters. The number of aliphatic hydroxyl groups is 1. The van der Waals surface area contributed by atoms with Crippen LogP contribution in [0.3, 0.4) is 0 Å². The molecular formula is C37H35O6Si. The van der Waals surface area contributed by atoms with Crippen LogP contribution in [0.25, 0.3) is 21.9 Å². The number of aryl methyl sites for hydroxylation is 1. The predicted octanol–water partition coefficient (Wildman–Crippen LogP) is 6.67. The smallest absolute Gasteiger partial charge is 0.283 e. The third-order valence-electron chi connectivity index (χ3n) is 8.42. The Morgan fingerprint density at radius 3 is 2.05 bits per heavy atom. The van der Waals surface area contributed by atoms with E-state index in [0.717, 1.165) is 49.0 Å². The van der Waals surface area contributed by atoms with Gasteiger partial charge in [0, 0.05) is 5.39 Å². The van der Waals surface area contributed by atoms with Crippen LogP contribution in [0.4, 0.5) is 0 Å². The minimum absolute atomic E-state index is 0.141. The van der Waals surface area contributed by atoms with Gasteiger partial charge in [0.25, 0.3) is 9.04 Å². The predicted molar refractivity (Wildman–Crippen MR) is 173 cm³/mol. The van der Waals surface area contributed by atoms with Gasteiger partial charge in [-0.25, -0.2) is 0 Å². The van der Waals surface area contributed by atoms with Gasteiger partial charge < -0.3 is 28.5 Å². The fourth-order valence-corrected chi connectivity index (χ4v) is 8.60. The molecule has 5 aromatic rings. The molecule has 0 amide bonds. The molecule has 7 heteroatoms. The minimum atomic E-state index is -1.72. The molecule has 2 heterocycles. The first-order chi connectivity index (χ1) is 21.3. The summed E-state index contributed by atoms with van der Waals surface area (Å²) in [6.07, 6.45) is -0.402. The molecule has 0 spiro atoms. The lowest BCUT2D eigenvalue weighted by molar-refractivity contribution is 0.0880. The monoisotopic (exact) mass is 603 g/mol. The molecule has 44 heavy (non-hydrogen) atoms. The molecule has 0 bridgehead atoms. The number of aliphatic hydroxyl groups excluding tert-OH is 1. The van der Waals surface area contributed by atoms with Gasteiger partial charge in [-0.15, -0.1) is 0 Å². The molecule has 6 nitrogen and oxygen atoms in total. The summed E-state index contributed by atoms with van der Waals surface area (Å²) in [4.78, 5) is 0. The maximum absolute atomic E-state index is 11.1. The molecule has 2 aliphatic heterocycles. The van der Waals surface area contributed by atoms with Crippen LogP contribution >= 0.6 is 0 Å². The van der Waals surface area contributed by atoms with Crippen molar-refractivity contribution < 1.29 is 28.5 Å². The maximum atomic E-state index is 11.1. The molecule has 223 valence electrons. The summed E-state index contributed by atoms with van der Waals surface area (Å²) in [6.45, 7) is 8.87. The first kappa shape index (κ1) is 28.5. The highest BCUT2D eigenvalue weighted by Gasteiger charge is 2.38. The third-order valence-corrected chi connectivity index (χ3v) is 10.6. The Balaban J connectivity index is 1.54. The summed E-state index contributed by atoms with van der Waals surface area (Å²) >= 11 is 0. The second-order valence-corrected chi connectivity index (χ2v) is 14.3. The van der Waals surface area contributed by atoms with Crippen molar-refractivity contribution in [3.63, 3.8) is 0 Å². The highest BCUT2D eigenvalue weighted by molar-refractivity contribution is 6.80. The molecule has 0 aliphatic carbocycles. The van der Waals surface area contributed by atoms with E-state index in [1.54, 1.807) is 0 Å². The molecule has 1 N–H and O–H groups in total. The molecule has 0 aromatic heterocycles. The summed E-state index contributed by atoms with van der Waals surface area (Å²) in [5.74, 6) is 2.80. The van der Waals surface area contributed by atoms with Crippen molar-refractivity contribution in [1.82, 2.24) is 0 Å². The topological polar surface area (TPSA) is 66.4 Å². The van der Waals surface area contributed by atoms with Gasteiger partial charge >= 0.3 is 0 Å². The van der Waals surface area contributed by atoms with E-state index in [-0.39, 0.29) is 25.6 Å². The van der Waals surface area contributed by atoms with Gasteiger partial charge in [-0.1, -0.05) is 93.6 Å². The van der Waals surface area contributed by atoms with Crippen molar-refractivity contribution in [2.75, 3.05) is 13.6 Å². The Hall–Kier alpha value is -4.30. The van der Waals surface area contributed by atoms with E-state index in [2.05, 4.69) is 88.4 Å². The van der Waals surface area contributed by atoms with E-state index in [9.17, 15) is 5.11 Å². The van der Waals surface area contributed by atoms with Crippen molar-refractivity contribution in [1.29, 1.82) is 0 Å². The quantitative estimate of drug-likeness (QED) is 0.210. The lowest BCUT2D eigenvalue weighted by Crippen LogP contribution is -2.47. The zero-order valence-corrected chi connectivity index (χ0v) is 26.3. The molecule has 2 aliphatic rings. The minimum Gasteiger partial charge on any atom is -0.454 e. The number of benzene rings is 5. The summed E-state index contributed by atoms with van der Waals surface area (Å²) in [5.41, 5.74) is 4.31. The average molecular weight is 604 g/mol. The summed E-state index contributed by atoms with van der Waals surface area (Å²) in [6, 6.07) is 31.0. The highest BCUT2D eigenvalue weighted by Crippen LogP contribution is 2.53. The molecule has 1 unspecified atom stereocenters. The van der Waals surface area contributed by atoms with E-state index in [1.165, 1.54) is 0 Å². The van der Waals surface area contributed by atoms with E-state index < -0.39 is 15.1 Å². The van der Waals surface area contributed by atoms with Crippen LogP contribution in [-0.4, -0.2) is 27.7 Å². The second-order valence-electron chi connectivity index (χ2n) is 12.3. The van der Waals surface area contributed by atoms with Crippen LogP contribution < -0.4 is 29.3 Å². The van der Waals surface area contributed by atoms with Crippen molar-refractivity contribution in [3.8, 4) is 34.1 Å². The van der Waals surface area contributed by atoms with Crippen LogP contribution in [0.15, 0.2) is 91.0 Å². The number of fused-ring (bicyclic) bond motifs is 4. The maximum Gasteiger partial charge on any atom is 0.283 e. The Kier molecular flexibility index (Phi) is 7.32. The molecule has 5 aromatic carbocycles. The van der Waals surface area contributed by atoms with Gasteiger partial charge in [0.05, 0.1) is 12.7 Å². The van der Waals surface area contributed by atoms with Crippen molar-refractivity contribution >= 4 is 30.2 Å². The van der Waals surface area contributed by atoms with Crippen LogP contribution in [0.1, 0.15) is 43.6 Å². The van der Waals surface area contributed by atoms with Crippen LogP contribution in [0.2, 0.25) is 0 Å². The SMILES string of the molecule is Cc1c(CO)c(C(O[Si](c2ccccc2)c2ccccc2)C(C)(C)C)c(-c2ccc3c(c2)OCO3)c2c3c(ccc12)OCO3. The number of hydrogen-bond acceptors (Lipinski definition) is 6. The van der Waals surface area contributed by atoms with E-state index in [4.69, 9.17) is 23.4 Å². The van der Waals surface area contributed by atoms with Gasteiger partial charge in [-0.3, -0.25) is 0 Å². The molecule has 0 fully saturated rings. The Morgan fingerprint density at radius 2 is 1.39 bits per heavy atom. The molecule has 0 saturated carbocycles. The van der Waals surface area contributed by atoms with Gasteiger partial charge in [0.15, 0.2) is 23.0 Å². The molecular weight excluding hydrogens is 568 g/mol.